The zero-order valence-electron chi connectivity index (χ0n) is 14.7. The lowest BCUT2D eigenvalue weighted by Gasteiger charge is -2.22. The van der Waals surface area contributed by atoms with Gasteiger partial charge in [-0.1, -0.05) is 21.8 Å². The molecule has 9 nitrogen and oxygen atoms in total. The van der Waals surface area contributed by atoms with E-state index in [2.05, 4.69) is 15.1 Å². The van der Waals surface area contributed by atoms with Gasteiger partial charge in [0.1, 0.15) is 24.9 Å². The Hall–Kier alpha value is -3.43. The van der Waals surface area contributed by atoms with E-state index >= 15 is 0 Å². The van der Waals surface area contributed by atoms with Crippen LogP contribution in [0.4, 0.5) is 9.28 Å². The first kappa shape index (κ1) is 18.4. The third-order valence-electron chi connectivity index (χ3n) is 4.31. The number of ether oxygens (including phenoxy) is 1. The van der Waals surface area contributed by atoms with E-state index in [9.17, 15) is 14.1 Å². The largest absolute Gasteiger partial charge is 0.441 e. The fraction of sp³-hybridized carbons (Fsp3) is 0.294. The van der Waals surface area contributed by atoms with Gasteiger partial charge in [-0.3, -0.25) is 4.79 Å². The summed E-state index contributed by atoms with van der Waals surface area (Å²) in [5.74, 6) is -1.51. The van der Waals surface area contributed by atoms with Crippen LogP contribution in [0.1, 0.15) is 24.2 Å². The van der Waals surface area contributed by atoms with Crippen molar-refractivity contribution in [3.05, 3.63) is 47.8 Å². The lowest BCUT2D eigenvalue weighted by atomic mass is 9.92. The maximum Gasteiger partial charge on any atom is 0.439 e. The van der Waals surface area contributed by atoms with Gasteiger partial charge < -0.3 is 15.3 Å². The molecule has 10 heteroatoms. The number of rotatable bonds is 6. The number of nitrogens with zero attached hydrogens (tertiary/aromatic N) is 4. The molecule has 142 valence electrons. The summed E-state index contributed by atoms with van der Waals surface area (Å²) in [7, 11) is 1.43. The summed E-state index contributed by atoms with van der Waals surface area (Å²) in [5.41, 5.74) is 7.06. The van der Waals surface area contributed by atoms with Crippen molar-refractivity contribution in [2.24, 2.45) is 16.8 Å². The van der Waals surface area contributed by atoms with Gasteiger partial charge in [-0.2, -0.15) is 5.10 Å². The quantitative estimate of drug-likeness (QED) is 0.469. The minimum absolute atomic E-state index is 0.0215. The summed E-state index contributed by atoms with van der Waals surface area (Å²) in [6.07, 6.45) is 1.04. The predicted octanol–water partition coefficient (Wildman–Crippen LogP) is 1.72. The van der Waals surface area contributed by atoms with Crippen LogP contribution in [0.3, 0.4) is 0 Å². The predicted molar refractivity (Wildman–Crippen MR) is 92.5 cm³/mol. The van der Waals surface area contributed by atoms with Crippen LogP contribution in [0.25, 0.3) is 5.69 Å². The number of hydrogen-bond donors (Lipinski definition) is 1. The molecule has 2 heterocycles. The highest BCUT2D eigenvalue weighted by Gasteiger charge is 2.47. The number of oxime groups is 1. The van der Waals surface area contributed by atoms with E-state index in [-0.39, 0.29) is 5.12 Å². The molecule has 1 saturated heterocycles. The Morgan fingerprint density at radius 1 is 1.41 bits per heavy atom. The minimum Gasteiger partial charge on any atom is -0.441 e. The molecule has 0 bridgehead atoms. The second-order valence-electron chi connectivity index (χ2n) is 5.99. The average molecular weight is 375 g/mol. The lowest BCUT2D eigenvalue weighted by Crippen LogP contribution is -2.35. The van der Waals surface area contributed by atoms with Crippen LogP contribution in [0.2, 0.25) is 0 Å². The first-order valence-corrected chi connectivity index (χ1v) is 8.10. The molecule has 0 saturated carbocycles. The monoisotopic (exact) mass is 375 g/mol. The Bertz CT molecular complexity index is 866. The van der Waals surface area contributed by atoms with Gasteiger partial charge >= 0.3 is 6.09 Å². The van der Waals surface area contributed by atoms with Crippen molar-refractivity contribution >= 4 is 18.2 Å². The van der Waals surface area contributed by atoms with Gasteiger partial charge in [0.2, 0.25) is 5.91 Å². The summed E-state index contributed by atoms with van der Waals surface area (Å²) >= 11 is 0. The van der Waals surface area contributed by atoms with Crippen LogP contribution in [0.15, 0.2) is 41.7 Å². The Kier molecular flexibility index (Phi) is 5.06. The van der Waals surface area contributed by atoms with Gasteiger partial charge in [0.05, 0.1) is 17.8 Å². The Labute approximate surface area is 154 Å². The molecule has 2 amide bonds. The van der Waals surface area contributed by atoms with Gasteiger partial charge in [0, 0.05) is 6.20 Å². The molecule has 0 aliphatic carbocycles. The summed E-state index contributed by atoms with van der Waals surface area (Å²) in [4.78, 5) is 27.7. The first-order chi connectivity index (χ1) is 12.9. The normalized spacial score (nSPS) is 20.7. The highest BCUT2D eigenvalue weighted by Crippen LogP contribution is 2.37. The molecule has 2 N–H and O–H groups in total. The van der Waals surface area contributed by atoms with E-state index in [0.717, 1.165) is 0 Å². The fourth-order valence-electron chi connectivity index (χ4n) is 2.81. The Morgan fingerprint density at radius 2 is 2.11 bits per heavy atom. The van der Waals surface area contributed by atoms with Crippen molar-refractivity contribution in [1.82, 2.24) is 14.9 Å². The van der Waals surface area contributed by atoms with E-state index in [1.165, 1.54) is 20.2 Å². The van der Waals surface area contributed by atoms with Gasteiger partial charge in [-0.05, 0) is 30.7 Å². The smallest absolute Gasteiger partial charge is 0.439 e. The summed E-state index contributed by atoms with van der Waals surface area (Å²) < 4.78 is 20.8. The van der Waals surface area contributed by atoms with Gasteiger partial charge in [0.25, 0.3) is 0 Å². The molecule has 0 spiro atoms. The third kappa shape index (κ3) is 3.59. The summed E-state index contributed by atoms with van der Waals surface area (Å²) in [6.45, 7) is 1.49. The van der Waals surface area contributed by atoms with Gasteiger partial charge in [-0.15, -0.1) is 5.12 Å². The topological polar surface area (TPSA) is 112 Å². The highest BCUT2D eigenvalue weighted by atomic mass is 19.2. The molecular weight excluding hydrogens is 357 g/mol. The van der Waals surface area contributed by atoms with Crippen molar-refractivity contribution in [3.63, 3.8) is 0 Å². The number of amides is 2. The molecule has 3 unspecified atom stereocenters. The Balaban J connectivity index is 1.85. The molecule has 0 radical (unpaired) electrons. The second kappa shape index (κ2) is 7.44. The van der Waals surface area contributed by atoms with E-state index < -0.39 is 30.1 Å². The van der Waals surface area contributed by atoms with Crippen LogP contribution in [0.5, 0.6) is 0 Å². The third-order valence-corrected chi connectivity index (χ3v) is 4.31. The van der Waals surface area contributed by atoms with Crippen molar-refractivity contribution in [2.45, 2.75) is 19.1 Å². The molecule has 1 aromatic carbocycles. The van der Waals surface area contributed by atoms with Crippen molar-refractivity contribution in [1.29, 1.82) is 0 Å². The second-order valence-corrected chi connectivity index (χ2v) is 5.99. The maximum absolute atomic E-state index is 14.2. The number of primary amides is 1. The van der Waals surface area contributed by atoms with Crippen LogP contribution in [-0.4, -0.2) is 46.3 Å². The van der Waals surface area contributed by atoms with Crippen LogP contribution < -0.4 is 5.73 Å². The molecule has 1 aliphatic rings. The van der Waals surface area contributed by atoms with Gasteiger partial charge in [-0.25, -0.2) is 9.48 Å². The number of carbonyl (C=O) groups excluding carboxylic acids is 2. The number of cyclic esters (lactones) is 1. The SMILES string of the molecule is CON=Cc1ccn(-c2ccc(C3C(C(C)C(N)=O)OC(=O)N3F)cc2)n1. The van der Waals surface area contributed by atoms with Crippen molar-refractivity contribution in [2.75, 3.05) is 7.11 Å². The van der Waals surface area contributed by atoms with Crippen LogP contribution in [0, 0.1) is 5.92 Å². The number of halogens is 1. The van der Waals surface area contributed by atoms with Crippen LogP contribution in [-0.2, 0) is 14.4 Å². The summed E-state index contributed by atoms with van der Waals surface area (Å²) in [6, 6.07) is 7.38. The molecular formula is C17H18FN5O4. The average Bonchev–Trinajstić information content (AvgIpc) is 3.25. The first-order valence-electron chi connectivity index (χ1n) is 8.10. The van der Waals surface area contributed by atoms with Crippen LogP contribution >= 0.6 is 0 Å². The number of hydrogen-bond acceptors (Lipinski definition) is 6. The van der Waals surface area contributed by atoms with Crippen molar-refractivity contribution in [3.8, 4) is 5.69 Å². The molecule has 27 heavy (non-hydrogen) atoms. The molecule has 3 rings (SSSR count). The zero-order chi connectivity index (χ0) is 19.6. The maximum atomic E-state index is 14.2. The zero-order valence-corrected chi connectivity index (χ0v) is 14.7. The molecule has 1 fully saturated rings. The Morgan fingerprint density at radius 3 is 2.74 bits per heavy atom. The molecule has 3 atom stereocenters. The van der Waals surface area contributed by atoms with E-state index in [1.807, 2.05) is 0 Å². The standard InChI is InChI=1S/C17H18FN5O4/c1-10(16(19)24)15-14(23(18)17(25)27-15)11-3-5-13(6-4-11)22-8-7-12(21-22)9-20-26-2/h3-10,14-15H,1-2H3,(H2,19,24). The lowest BCUT2D eigenvalue weighted by molar-refractivity contribution is -0.124. The molecule has 1 aromatic heterocycles. The number of nitrogens with two attached hydrogens (primary N) is 1. The highest BCUT2D eigenvalue weighted by molar-refractivity contribution is 5.79. The van der Waals surface area contributed by atoms with Crippen molar-refractivity contribution < 1.29 is 23.6 Å². The van der Waals surface area contributed by atoms with Gasteiger partial charge in [0.15, 0.2) is 0 Å². The minimum atomic E-state index is -1.14. The molecule has 2 aromatic rings. The summed E-state index contributed by atoms with van der Waals surface area (Å²) in [5, 5.41) is 7.92. The van der Waals surface area contributed by atoms with E-state index in [1.54, 1.807) is 41.2 Å². The fourth-order valence-corrected chi connectivity index (χ4v) is 2.81. The van der Waals surface area contributed by atoms with E-state index in [0.29, 0.717) is 16.9 Å². The number of carbonyl (C=O) groups is 2. The molecule has 1 aliphatic heterocycles. The number of aromatic nitrogens is 2. The van der Waals surface area contributed by atoms with E-state index in [4.69, 9.17) is 10.5 Å². The number of benzene rings is 1.